The molecule has 2 N–H and O–H groups in total. The summed E-state index contributed by atoms with van der Waals surface area (Å²) in [5, 5.41) is 12.2. The van der Waals surface area contributed by atoms with Crippen molar-refractivity contribution < 1.29 is 14.3 Å². The SMILES string of the molecule is O=C(O)c1cn2ccnc2c(Cl)c1Nc1ccc(I)cc1F. The number of carboxylic acids is 1. The first-order chi connectivity index (χ1) is 10.5. The Morgan fingerprint density at radius 1 is 1.45 bits per heavy atom. The predicted molar refractivity (Wildman–Crippen MR) is 89.6 cm³/mol. The van der Waals surface area contributed by atoms with Crippen LogP contribution in [0.2, 0.25) is 5.02 Å². The largest absolute Gasteiger partial charge is 0.478 e. The summed E-state index contributed by atoms with van der Waals surface area (Å²) >= 11 is 8.22. The van der Waals surface area contributed by atoms with Crippen LogP contribution in [-0.2, 0) is 0 Å². The molecular formula is C14H8ClFIN3O2. The number of anilines is 2. The minimum atomic E-state index is -1.18. The van der Waals surface area contributed by atoms with Crippen molar-refractivity contribution in [3.63, 3.8) is 0 Å². The van der Waals surface area contributed by atoms with E-state index in [0.717, 1.165) is 3.57 Å². The number of imidazole rings is 1. The van der Waals surface area contributed by atoms with E-state index in [1.54, 1.807) is 12.3 Å². The number of hydrogen-bond acceptors (Lipinski definition) is 3. The van der Waals surface area contributed by atoms with Gasteiger partial charge in [0.05, 0.1) is 11.4 Å². The summed E-state index contributed by atoms with van der Waals surface area (Å²) in [5.74, 6) is -1.67. The third-order valence-corrected chi connectivity index (χ3v) is 4.07. The molecular weight excluding hydrogens is 424 g/mol. The van der Waals surface area contributed by atoms with Gasteiger partial charge in [-0.25, -0.2) is 14.2 Å². The van der Waals surface area contributed by atoms with Gasteiger partial charge >= 0.3 is 5.97 Å². The van der Waals surface area contributed by atoms with Gasteiger partial charge in [-0.1, -0.05) is 11.6 Å². The maximum atomic E-state index is 14.0. The molecule has 0 bridgehead atoms. The number of nitrogens with zero attached hydrogens (tertiary/aromatic N) is 2. The van der Waals surface area contributed by atoms with Gasteiger partial charge in [0.2, 0.25) is 0 Å². The molecule has 0 unspecified atom stereocenters. The van der Waals surface area contributed by atoms with Gasteiger partial charge in [-0.2, -0.15) is 0 Å². The fourth-order valence-electron chi connectivity index (χ4n) is 2.03. The number of aromatic nitrogens is 2. The van der Waals surface area contributed by atoms with Crippen LogP contribution >= 0.6 is 34.2 Å². The first-order valence-corrected chi connectivity index (χ1v) is 7.53. The van der Waals surface area contributed by atoms with Crippen molar-refractivity contribution in [3.8, 4) is 0 Å². The number of halogens is 3. The van der Waals surface area contributed by atoms with Gasteiger partial charge in [0.1, 0.15) is 16.4 Å². The standard InChI is InChI=1S/C14H8ClFIN3O2/c15-11-12(19-10-2-1-7(17)5-9(10)16)8(14(21)22)6-20-4-3-18-13(11)20/h1-6,19H,(H,21,22). The van der Waals surface area contributed by atoms with Crippen LogP contribution in [0.1, 0.15) is 10.4 Å². The van der Waals surface area contributed by atoms with Gasteiger partial charge in [0, 0.05) is 22.2 Å². The van der Waals surface area contributed by atoms with Crippen LogP contribution in [0.5, 0.6) is 0 Å². The highest BCUT2D eigenvalue weighted by Crippen LogP contribution is 2.33. The Bertz CT molecular complexity index is 897. The highest BCUT2D eigenvalue weighted by atomic mass is 127. The van der Waals surface area contributed by atoms with E-state index in [1.807, 2.05) is 22.6 Å². The van der Waals surface area contributed by atoms with Crippen molar-refractivity contribution in [3.05, 3.63) is 56.8 Å². The molecule has 8 heteroatoms. The quantitative estimate of drug-likeness (QED) is 0.611. The van der Waals surface area contributed by atoms with E-state index in [-0.39, 0.29) is 22.0 Å². The van der Waals surface area contributed by atoms with Crippen molar-refractivity contribution in [2.45, 2.75) is 0 Å². The Hall–Kier alpha value is -1.87. The average molecular weight is 432 g/mol. The van der Waals surface area contributed by atoms with E-state index >= 15 is 0 Å². The van der Waals surface area contributed by atoms with Crippen LogP contribution in [0.3, 0.4) is 0 Å². The first-order valence-electron chi connectivity index (χ1n) is 6.08. The second-order valence-electron chi connectivity index (χ2n) is 4.44. The Balaban J connectivity index is 2.18. The van der Waals surface area contributed by atoms with Crippen molar-refractivity contribution >= 4 is 57.2 Å². The minimum absolute atomic E-state index is 0.0755. The van der Waals surface area contributed by atoms with Crippen LogP contribution in [0.4, 0.5) is 15.8 Å². The summed E-state index contributed by atoms with van der Waals surface area (Å²) in [6.07, 6.45) is 4.47. The van der Waals surface area contributed by atoms with Gasteiger partial charge in [0.15, 0.2) is 5.65 Å². The fourth-order valence-corrected chi connectivity index (χ4v) is 2.78. The molecule has 2 aromatic heterocycles. The minimum Gasteiger partial charge on any atom is -0.478 e. The zero-order valence-corrected chi connectivity index (χ0v) is 13.8. The second-order valence-corrected chi connectivity index (χ2v) is 6.07. The lowest BCUT2D eigenvalue weighted by Crippen LogP contribution is -2.07. The lowest BCUT2D eigenvalue weighted by Gasteiger charge is -2.13. The zero-order chi connectivity index (χ0) is 15.9. The van der Waals surface area contributed by atoms with Crippen LogP contribution < -0.4 is 5.32 Å². The molecule has 1 aromatic carbocycles. The molecule has 0 radical (unpaired) electrons. The molecule has 2 heterocycles. The van der Waals surface area contributed by atoms with Crippen molar-refractivity contribution in [2.24, 2.45) is 0 Å². The van der Waals surface area contributed by atoms with Gasteiger partial charge in [0.25, 0.3) is 0 Å². The maximum Gasteiger partial charge on any atom is 0.339 e. The average Bonchev–Trinajstić information content (AvgIpc) is 2.92. The summed E-state index contributed by atoms with van der Waals surface area (Å²) in [4.78, 5) is 15.5. The molecule has 0 fully saturated rings. The zero-order valence-electron chi connectivity index (χ0n) is 10.8. The number of nitrogens with one attached hydrogen (secondary N) is 1. The number of fused-ring (bicyclic) bond motifs is 1. The third kappa shape index (κ3) is 2.61. The molecule has 22 heavy (non-hydrogen) atoms. The van der Waals surface area contributed by atoms with E-state index in [4.69, 9.17) is 11.6 Å². The summed E-state index contributed by atoms with van der Waals surface area (Å²) in [7, 11) is 0. The molecule has 3 rings (SSSR count). The summed E-state index contributed by atoms with van der Waals surface area (Å²) < 4.78 is 16.2. The number of rotatable bonds is 3. The van der Waals surface area contributed by atoms with Gasteiger partial charge in [-0.15, -0.1) is 0 Å². The molecule has 0 saturated carbocycles. The summed E-state index contributed by atoms with van der Waals surface area (Å²) in [6, 6.07) is 4.56. The van der Waals surface area contributed by atoms with E-state index in [1.165, 1.54) is 28.9 Å². The molecule has 0 amide bonds. The topological polar surface area (TPSA) is 66.6 Å². The molecule has 0 atom stereocenters. The van der Waals surface area contributed by atoms with Crippen LogP contribution in [0, 0.1) is 9.39 Å². The van der Waals surface area contributed by atoms with Crippen molar-refractivity contribution in [1.82, 2.24) is 9.38 Å². The molecule has 3 aromatic rings. The number of pyridine rings is 1. The van der Waals surface area contributed by atoms with E-state index in [0.29, 0.717) is 5.65 Å². The lowest BCUT2D eigenvalue weighted by atomic mass is 10.2. The number of benzene rings is 1. The number of carbonyl (C=O) groups is 1. The maximum absolute atomic E-state index is 14.0. The Morgan fingerprint density at radius 2 is 2.23 bits per heavy atom. The van der Waals surface area contributed by atoms with Crippen LogP contribution in [-0.4, -0.2) is 20.5 Å². The highest BCUT2D eigenvalue weighted by molar-refractivity contribution is 14.1. The van der Waals surface area contributed by atoms with Crippen LogP contribution in [0.15, 0.2) is 36.8 Å². The molecule has 0 aliphatic carbocycles. The van der Waals surface area contributed by atoms with E-state index < -0.39 is 11.8 Å². The van der Waals surface area contributed by atoms with Crippen LogP contribution in [0.25, 0.3) is 5.65 Å². The molecule has 0 aliphatic rings. The molecule has 0 spiro atoms. The van der Waals surface area contributed by atoms with E-state index in [9.17, 15) is 14.3 Å². The molecule has 0 saturated heterocycles. The summed E-state index contributed by atoms with van der Waals surface area (Å²) in [5.41, 5.74) is 0.558. The second kappa shape index (κ2) is 5.73. The van der Waals surface area contributed by atoms with Crippen molar-refractivity contribution in [1.29, 1.82) is 0 Å². The number of carboxylic acid groups (broad SMARTS) is 1. The highest BCUT2D eigenvalue weighted by Gasteiger charge is 2.19. The molecule has 112 valence electrons. The number of aromatic carboxylic acids is 1. The summed E-state index contributed by atoms with van der Waals surface area (Å²) in [6.45, 7) is 0. The fraction of sp³-hybridized carbons (Fsp3) is 0. The Labute approximate surface area is 142 Å². The smallest absolute Gasteiger partial charge is 0.339 e. The monoisotopic (exact) mass is 431 g/mol. The Kier molecular flexibility index (Phi) is 3.92. The van der Waals surface area contributed by atoms with Gasteiger partial charge in [-0.05, 0) is 40.8 Å². The third-order valence-electron chi connectivity index (χ3n) is 3.04. The normalized spacial score (nSPS) is 10.9. The van der Waals surface area contributed by atoms with E-state index in [2.05, 4.69) is 10.3 Å². The van der Waals surface area contributed by atoms with Gasteiger partial charge in [-0.3, -0.25) is 0 Å². The van der Waals surface area contributed by atoms with Gasteiger partial charge < -0.3 is 14.8 Å². The molecule has 5 nitrogen and oxygen atoms in total. The predicted octanol–water partition coefficient (Wildman–Crippen LogP) is 4.17. The Morgan fingerprint density at radius 3 is 2.91 bits per heavy atom. The number of hydrogen-bond donors (Lipinski definition) is 2. The van der Waals surface area contributed by atoms with Crippen molar-refractivity contribution in [2.75, 3.05) is 5.32 Å². The molecule has 0 aliphatic heterocycles. The lowest BCUT2D eigenvalue weighted by molar-refractivity contribution is 0.0697. The first kappa shape index (κ1) is 15.0.